The molecule has 2 amide bonds. The van der Waals surface area contributed by atoms with Gasteiger partial charge in [0.05, 0.1) is 11.4 Å². The summed E-state index contributed by atoms with van der Waals surface area (Å²) in [4.78, 5) is 36.3. The molecule has 39 heavy (non-hydrogen) atoms. The number of rotatable bonds is 8. The number of halogens is 1. The number of nitrogens with one attached hydrogen (secondary N) is 1. The number of phenols is 1. The lowest BCUT2D eigenvalue weighted by Gasteiger charge is -2.32. The molecule has 0 spiro atoms. The first-order valence-electron chi connectivity index (χ1n) is 13.8. The lowest BCUT2D eigenvalue weighted by Crippen LogP contribution is -2.37. The summed E-state index contributed by atoms with van der Waals surface area (Å²) in [6.07, 6.45) is 8.75. The maximum Gasteiger partial charge on any atom is 0.253 e. The van der Waals surface area contributed by atoms with Gasteiger partial charge in [0.2, 0.25) is 5.91 Å². The Morgan fingerprint density at radius 2 is 1.85 bits per heavy atom. The standard InChI is InChI=1S/C31H35FN4O3/c1-20-10-12-33-27(14-20)28-15-21(11-13-34-28)4-2-7-30(38)35-17-23-5-3-6-24-18-36(19-25(23)24)31(39)22-8-9-29(37)26(32)16-22/h8-16,23-25,37H,2-7,17-19H2,1H3,(H,35,38)/t23-,24-,25-/m1/s1. The van der Waals surface area contributed by atoms with Crippen molar-refractivity contribution in [3.8, 4) is 17.1 Å². The Labute approximate surface area is 228 Å². The van der Waals surface area contributed by atoms with E-state index in [-0.39, 0.29) is 17.4 Å². The lowest BCUT2D eigenvalue weighted by molar-refractivity contribution is -0.121. The highest BCUT2D eigenvalue weighted by Crippen LogP contribution is 2.40. The molecule has 5 rings (SSSR count). The minimum Gasteiger partial charge on any atom is -0.505 e. The molecule has 0 unspecified atom stereocenters. The SMILES string of the molecule is Cc1ccnc(-c2cc(CCCC(=O)NC[C@H]3CCC[C@@H]4CN(C(=O)c5ccc(O)c(F)c5)C[C@H]34)ccn2)c1. The molecule has 2 fully saturated rings. The van der Waals surface area contributed by atoms with E-state index in [0.29, 0.717) is 43.8 Å². The molecule has 1 saturated heterocycles. The fourth-order valence-corrected chi connectivity index (χ4v) is 6.07. The van der Waals surface area contributed by atoms with Gasteiger partial charge >= 0.3 is 0 Å². The predicted octanol–water partition coefficient (Wildman–Crippen LogP) is 4.92. The highest BCUT2D eigenvalue weighted by Gasteiger charge is 2.41. The van der Waals surface area contributed by atoms with E-state index in [2.05, 4.69) is 15.3 Å². The summed E-state index contributed by atoms with van der Waals surface area (Å²) in [6.45, 7) is 3.92. The van der Waals surface area contributed by atoms with E-state index in [1.54, 1.807) is 17.3 Å². The number of amides is 2. The van der Waals surface area contributed by atoms with E-state index in [4.69, 9.17) is 0 Å². The minimum absolute atomic E-state index is 0.0530. The molecule has 2 aliphatic rings. The molecule has 1 aliphatic carbocycles. The van der Waals surface area contributed by atoms with Crippen LogP contribution in [0.25, 0.3) is 11.4 Å². The topological polar surface area (TPSA) is 95.4 Å². The van der Waals surface area contributed by atoms with Crippen LogP contribution >= 0.6 is 0 Å². The molecule has 7 nitrogen and oxygen atoms in total. The number of fused-ring (bicyclic) bond motifs is 1. The van der Waals surface area contributed by atoms with Gasteiger partial charge in [-0.05, 0) is 104 Å². The summed E-state index contributed by atoms with van der Waals surface area (Å²) < 4.78 is 13.8. The van der Waals surface area contributed by atoms with Gasteiger partial charge in [-0.25, -0.2) is 4.39 Å². The number of likely N-dealkylation sites (tertiary alicyclic amines) is 1. The Kier molecular flexibility index (Phi) is 8.19. The Balaban J connectivity index is 1.09. The number of aromatic nitrogens is 2. The Morgan fingerprint density at radius 3 is 2.64 bits per heavy atom. The highest BCUT2D eigenvalue weighted by molar-refractivity contribution is 5.94. The van der Waals surface area contributed by atoms with Crippen molar-refractivity contribution in [1.29, 1.82) is 0 Å². The number of hydrogen-bond acceptors (Lipinski definition) is 5. The maximum atomic E-state index is 13.8. The summed E-state index contributed by atoms with van der Waals surface area (Å²) in [6, 6.07) is 11.8. The van der Waals surface area contributed by atoms with Crippen molar-refractivity contribution in [3.05, 3.63) is 77.4 Å². The maximum absolute atomic E-state index is 13.8. The van der Waals surface area contributed by atoms with E-state index >= 15 is 0 Å². The number of phenolic OH excluding ortho intramolecular Hbond substituents is 1. The number of aryl methyl sites for hydroxylation is 2. The molecule has 3 heterocycles. The zero-order valence-corrected chi connectivity index (χ0v) is 22.3. The van der Waals surface area contributed by atoms with Crippen LogP contribution in [0.4, 0.5) is 4.39 Å². The molecule has 2 N–H and O–H groups in total. The Bertz CT molecular complexity index is 1350. The predicted molar refractivity (Wildman–Crippen MR) is 146 cm³/mol. The van der Waals surface area contributed by atoms with E-state index < -0.39 is 11.6 Å². The van der Waals surface area contributed by atoms with Crippen LogP contribution in [0, 0.1) is 30.5 Å². The Morgan fingerprint density at radius 1 is 1.05 bits per heavy atom. The van der Waals surface area contributed by atoms with Gasteiger partial charge in [0.15, 0.2) is 11.6 Å². The third-order valence-corrected chi connectivity index (χ3v) is 8.16. The molecule has 0 bridgehead atoms. The van der Waals surface area contributed by atoms with Crippen LogP contribution < -0.4 is 5.32 Å². The average Bonchev–Trinajstić information content (AvgIpc) is 3.38. The number of nitrogens with zero attached hydrogens (tertiary/aromatic N) is 3. The molecule has 204 valence electrons. The fourth-order valence-electron chi connectivity index (χ4n) is 6.07. The van der Waals surface area contributed by atoms with Gasteiger partial charge in [0.25, 0.3) is 5.91 Å². The first-order chi connectivity index (χ1) is 18.9. The molecular weight excluding hydrogens is 495 g/mol. The van der Waals surface area contributed by atoms with Gasteiger partial charge in [-0.2, -0.15) is 0 Å². The molecule has 2 aromatic heterocycles. The highest BCUT2D eigenvalue weighted by atomic mass is 19.1. The average molecular weight is 531 g/mol. The third-order valence-electron chi connectivity index (χ3n) is 8.16. The molecule has 1 aliphatic heterocycles. The van der Waals surface area contributed by atoms with Crippen molar-refractivity contribution in [1.82, 2.24) is 20.2 Å². The van der Waals surface area contributed by atoms with Crippen LogP contribution in [0.3, 0.4) is 0 Å². The first kappa shape index (κ1) is 26.8. The van der Waals surface area contributed by atoms with Crippen LogP contribution in [0.5, 0.6) is 5.75 Å². The minimum atomic E-state index is -0.786. The summed E-state index contributed by atoms with van der Waals surface area (Å²) in [5, 5.41) is 12.6. The largest absolute Gasteiger partial charge is 0.505 e. The monoisotopic (exact) mass is 530 g/mol. The number of aromatic hydroxyl groups is 1. The van der Waals surface area contributed by atoms with Crippen LogP contribution in [0.2, 0.25) is 0 Å². The summed E-state index contributed by atoms with van der Waals surface area (Å²) >= 11 is 0. The molecule has 0 radical (unpaired) electrons. The summed E-state index contributed by atoms with van der Waals surface area (Å²) in [7, 11) is 0. The lowest BCUT2D eigenvalue weighted by atomic mass is 9.74. The van der Waals surface area contributed by atoms with Crippen molar-refractivity contribution < 1.29 is 19.1 Å². The van der Waals surface area contributed by atoms with Crippen molar-refractivity contribution in [3.63, 3.8) is 0 Å². The van der Waals surface area contributed by atoms with Crippen molar-refractivity contribution in [2.24, 2.45) is 17.8 Å². The van der Waals surface area contributed by atoms with E-state index in [1.807, 2.05) is 31.2 Å². The van der Waals surface area contributed by atoms with Gasteiger partial charge in [-0.15, -0.1) is 0 Å². The quantitative estimate of drug-likeness (QED) is 0.431. The van der Waals surface area contributed by atoms with Gasteiger partial charge < -0.3 is 15.3 Å². The first-order valence-corrected chi connectivity index (χ1v) is 13.8. The van der Waals surface area contributed by atoms with Gasteiger partial charge in [-0.1, -0.05) is 6.42 Å². The van der Waals surface area contributed by atoms with Gasteiger partial charge in [0.1, 0.15) is 0 Å². The zero-order valence-electron chi connectivity index (χ0n) is 22.3. The van der Waals surface area contributed by atoms with E-state index in [1.165, 1.54) is 12.1 Å². The van der Waals surface area contributed by atoms with E-state index in [9.17, 15) is 19.1 Å². The summed E-state index contributed by atoms with van der Waals surface area (Å²) in [5.74, 6) is -0.341. The van der Waals surface area contributed by atoms with Crippen molar-refractivity contribution >= 4 is 11.8 Å². The number of carbonyl (C=O) groups is 2. The van der Waals surface area contributed by atoms with Crippen molar-refractivity contribution in [2.45, 2.75) is 45.4 Å². The van der Waals surface area contributed by atoms with Crippen LogP contribution in [0.1, 0.15) is 53.6 Å². The zero-order chi connectivity index (χ0) is 27.4. The third kappa shape index (κ3) is 6.44. The van der Waals surface area contributed by atoms with Crippen LogP contribution in [-0.2, 0) is 11.2 Å². The molecule has 1 saturated carbocycles. The molecule has 1 aromatic carbocycles. The van der Waals surface area contributed by atoms with Crippen LogP contribution in [-0.4, -0.2) is 51.4 Å². The second-order valence-electron chi connectivity index (χ2n) is 10.9. The normalized spacial score (nSPS) is 20.5. The van der Waals surface area contributed by atoms with Crippen LogP contribution in [0.15, 0.2) is 54.9 Å². The van der Waals surface area contributed by atoms with E-state index in [0.717, 1.165) is 60.7 Å². The fraction of sp³-hybridized carbons (Fsp3) is 0.419. The van der Waals surface area contributed by atoms with Gasteiger partial charge in [0, 0.05) is 44.0 Å². The molecular formula is C31H35FN4O3. The number of carbonyl (C=O) groups excluding carboxylic acids is 2. The second kappa shape index (κ2) is 11.9. The Hall–Kier alpha value is -3.81. The summed E-state index contributed by atoms with van der Waals surface area (Å²) in [5.41, 5.74) is 4.22. The number of benzene rings is 1. The smallest absolute Gasteiger partial charge is 0.253 e. The number of pyridine rings is 2. The second-order valence-corrected chi connectivity index (χ2v) is 10.9. The number of hydrogen-bond donors (Lipinski definition) is 2. The van der Waals surface area contributed by atoms with Gasteiger partial charge in [-0.3, -0.25) is 19.6 Å². The molecule has 8 heteroatoms. The molecule has 3 aromatic rings. The van der Waals surface area contributed by atoms with Crippen molar-refractivity contribution in [2.75, 3.05) is 19.6 Å². The molecule has 3 atom stereocenters.